The van der Waals surface area contributed by atoms with Crippen molar-refractivity contribution in [3.63, 3.8) is 0 Å². The van der Waals surface area contributed by atoms with E-state index in [1.807, 2.05) is 0 Å². The molecule has 1 saturated heterocycles. The van der Waals surface area contributed by atoms with Crippen LogP contribution in [0, 0.1) is 17.1 Å². The lowest BCUT2D eigenvalue weighted by atomic mass is 9.80. The molecule has 3 heterocycles. The summed E-state index contributed by atoms with van der Waals surface area (Å²) in [5.41, 5.74) is -0.321. The van der Waals surface area contributed by atoms with Crippen LogP contribution >= 0.6 is 0 Å². The summed E-state index contributed by atoms with van der Waals surface area (Å²) in [7, 11) is 0. The maximum atomic E-state index is 14.3. The van der Waals surface area contributed by atoms with Crippen LogP contribution in [-0.4, -0.2) is 57.6 Å². The van der Waals surface area contributed by atoms with Crippen LogP contribution in [0.2, 0.25) is 0 Å². The number of alkyl halides is 3. The minimum absolute atomic E-state index is 0.0719. The predicted molar refractivity (Wildman–Crippen MR) is 158 cm³/mol. The van der Waals surface area contributed by atoms with Gasteiger partial charge in [-0.3, -0.25) is 19.3 Å². The highest BCUT2D eigenvalue weighted by atomic mass is 19.4. The van der Waals surface area contributed by atoms with Gasteiger partial charge in [-0.15, -0.1) is 0 Å². The van der Waals surface area contributed by atoms with Crippen molar-refractivity contribution in [1.82, 2.24) is 20.0 Å². The number of anilines is 1. The minimum atomic E-state index is -4.71. The number of nitriles is 1. The van der Waals surface area contributed by atoms with Crippen LogP contribution in [0.5, 0.6) is 0 Å². The van der Waals surface area contributed by atoms with Crippen LogP contribution in [0.1, 0.15) is 56.8 Å². The zero-order valence-electron chi connectivity index (χ0n) is 24.3. The Bertz CT molecular complexity index is 1870. The molecule has 6 rings (SSSR count). The van der Waals surface area contributed by atoms with Crippen molar-refractivity contribution >= 4 is 23.5 Å². The molecule has 0 radical (unpaired) electrons. The largest absolute Gasteiger partial charge is 0.416 e. The molecule has 3 amide bonds. The number of carbonyl (C=O) groups excluding carboxylic acids is 3. The van der Waals surface area contributed by atoms with Crippen LogP contribution in [0.15, 0.2) is 78.9 Å². The lowest BCUT2D eigenvalue weighted by Gasteiger charge is -2.39. The smallest absolute Gasteiger partial charge is 0.339 e. The zero-order chi connectivity index (χ0) is 32.7. The van der Waals surface area contributed by atoms with Crippen molar-refractivity contribution in [2.45, 2.75) is 37.5 Å². The van der Waals surface area contributed by atoms with Gasteiger partial charge in [-0.05, 0) is 61.4 Å². The molecule has 4 aromatic rings. The normalized spacial score (nSPS) is 19.2. The summed E-state index contributed by atoms with van der Waals surface area (Å²) in [5, 5.41) is 16.9. The van der Waals surface area contributed by atoms with Gasteiger partial charge in [0.15, 0.2) is 5.69 Å². The molecular weight excluding hydrogens is 604 g/mol. The minimum Gasteiger partial charge on any atom is -0.339 e. The van der Waals surface area contributed by atoms with Crippen molar-refractivity contribution in [3.05, 3.63) is 113 Å². The Kier molecular flexibility index (Phi) is 7.81. The number of fused-ring (bicyclic) bond motifs is 1. The van der Waals surface area contributed by atoms with Crippen molar-refractivity contribution < 1.29 is 31.9 Å². The lowest BCUT2D eigenvalue weighted by Crippen LogP contribution is -2.56. The number of hydrogen-bond donors (Lipinski definition) is 1. The van der Waals surface area contributed by atoms with E-state index in [0.717, 1.165) is 12.1 Å². The molecule has 0 aliphatic carbocycles. The molecule has 46 heavy (non-hydrogen) atoms. The van der Waals surface area contributed by atoms with Gasteiger partial charge in [0, 0.05) is 30.1 Å². The first-order valence-electron chi connectivity index (χ1n) is 14.5. The number of likely N-dealkylation sites (tertiary alicyclic amines) is 1. The van der Waals surface area contributed by atoms with Crippen LogP contribution in [0.4, 0.5) is 23.4 Å². The number of para-hydroxylation sites is 1. The molecule has 2 aliphatic heterocycles. The molecule has 1 fully saturated rings. The van der Waals surface area contributed by atoms with E-state index in [4.69, 9.17) is 0 Å². The van der Waals surface area contributed by atoms with Crippen molar-refractivity contribution in [2.75, 3.05) is 18.0 Å². The number of nitrogens with zero attached hydrogens (tertiary/aromatic N) is 5. The fourth-order valence-electron chi connectivity index (χ4n) is 5.90. The Labute approximate surface area is 260 Å². The maximum absolute atomic E-state index is 14.3. The third kappa shape index (κ3) is 5.25. The molecule has 1 unspecified atom stereocenters. The quantitative estimate of drug-likeness (QED) is 0.300. The molecule has 2 aliphatic rings. The highest BCUT2D eigenvalue weighted by Gasteiger charge is 2.48. The molecule has 1 N–H and O–H groups in total. The van der Waals surface area contributed by atoms with Gasteiger partial charge >= 0.3 is 6.18 Å². The third-order valence-corrected chi connectivity index (χ3v) is 8.25. The van der Waals surface area contributed by atoms with Gasteiger partial charge in [0.25, 0.3) is 17.7 Å². The third-order valence-electron chi connectivity index (χ3n) is 8.25. The second-order valence-corrected chi connectivity index (χ2v) is 10.9. The van der Waals surface area contributed by atoms with Crippen LogP contribution in [0.25, 0.3) is 5.69 Å². The van der Waals surface area contributed by atoms with Crippen molar-refractivity contribution in [1.29, 1.82) is 5.26 Å². The topological polar surface area (TPSA) is 111 Å². The fraction of sp³-hybridized carbons (Fsp3) is 0.242. The van der Waals surface area contributed by atoms with E-state index in [9.17, 15) is 37.2 Å². The maximum Gasteiger partial charge on any atom is 0.416 e. The first kappa shape index (κ1) is 30.5. The van der Waals surface area contributed by atoms with Gasteiger partial charge in [0.2, 0.25) is 0 Å². The van der Waals surface area contributed by atoms with E-state index in [2.05, 4.69) is 16.5 Å². The number of halogens is 4. The first-order valence-corrected chi connectivity index (χ1v) is 14.5. The Morgan fingerprint density at radius 3 is 2.37 bits per heavy atom. The summed E-state index contributed by atoms with van der Waals surface area (Å²) in [6, 6.07) is 17.7. The van der Waals surface area contributed by atoms with Gasteiger partial charge in [-0.25, -0.2) is 9.07 Å². The summed E-state index contributed by atoms with van der Waals surface area (Å²) in [6.45, 7) is 2.07. The second-order valence-electron chi connectivity index (χ2n) is 10.9. The van der Waals surface area contributed by atoms with Gasteiger partial charge in [0.05, 0.1) is 17.3 Å². The standard InChI is InChI=1S/C33H26F4N6O3/c1-2-41-30-26(28(32(46)42-16-15-24(42)18-38)40-43(30)23-9-4-3-5-10-23)25(19-11-13-22(34)14-12-19)27(31(41)45)39-29(44)20-7-6-8-21(17-20)33(35,36)37/h3-14,17,24-25,27H,2,15-16H2,1H3,(H,39,44)/t24?,25-,27-/m1/s1. The molecule has 1 aromatic heterocycles. The number of carbonyl (C=O) groups is 3. The van der Waals surface area contributed by atoms with E-state index < -0.39 is 53.3 Å². The fourth-order valence-corrected chi connectivity index (χ4v) is 5.90. The number of nitrogens with one attached hydrogen (secondary N) is 1. The monoisotopic (exact) mass is 630 g/mol. The number of benzene rings is 3. The van der Waals surface area contributed by atoms with Crippen molar-refractivity contribution in [3.8, 4) is 11.8 Å². The molecule has 13 heteroatoms. The SMILES string of the molecule is CCN1C(=O)[C@H](NC(=O)c2cccc(C(F)(F)F)c2)[C@H](c2ccc(F)cc2)c2c(C(=O)N3CCC3C#N)nn(-c3ccccc3)c21. The number of likely N-dealkylation sites (N-methyl/N-ethyl adjacent to an activating group) is 1. The van der Waals surface area contributed by atoms with Crippen molar-refractivity contribution in [2.24, 2.45) is 0 Å². The van der Waals surface area contributed by atoms with Gasteiger partial charge in [-0.1, -0.05) is 36.4 Å². The van der Waals surface area contributed by atoms with Crippen LogP contribution in [-0.2, 0) is 11.0 Å². The Hall–Kier alpha value is -5.51. The molecule has 0 saturated carbocycles. The average molecular weight is 631 g/mol. The molecule has 0 spiro atoms. The number of rotatable bonds is 6. The predicted octanol–water partition coefficient (Wildman–Crippen LogP) is 5.07. The summed E-state index contributed by atoms with van der Waals surface area (Å²) >= 11 is 0. The molecule has 0 bridgehead atoms. The highest BCUT2D eigenvalue weighted by Crippen LogP contribution is 2.44. The lowest BCUT2D eigenvalue weighted by molar-refractivity contribution is -0.137. The number of amides is 3. The summed E-state index contributed by atoms with van der Waals surface area (Å²) in [5.74, 6) is -3.57. The molecule has 9 nitrogen and oxygen atoms in total. The van der Waals surface area contributed by atoms with E-state index in [-0.39, 0.29) is 29.2 Å². The zero-order valence-corrected chi connectivity index (χ0v) is 24.3. The average Bonchev–Trinajstić information content (AvgIpc) is 3.42. The van der Waals surface area contributed by atoms with E-state index in [1.165, 1.54) is 44.8 Å². The molecule has 3 atom stereocenters. The Morgan fingerprint density at radius 1 is 1.04 bits per heavy atom. The second kappa shape index (κ2) is 11.8. The number of hydrogen-bond acceptors (Lipinski definition) is 5. The Morgan fingerprint density at radius 2 is 1.76 bits per heavy atom. The van der Waals surface area contributed by atoms with E-state index in [1.54, 1.807) is 37.3 Å². The molecular formula is C33H26F4N6O3. The highest BCUT2D eigenvalue weighted by molar-refractivity contribution is 6.07. The molecule has 3 aromatic carbocycles. The van der Waals surface area contributed by atoms with Gasteiger partial charge < -0.3 is 10.2 Å². The first-order chi connectivity index (χ1) is 22.0. The Balaban J connectivity index is 1.56. The van der Waals surface area contributed by atoms with E-state index >= 15 is 0 Å². The number of aromatic nitrogens is 2. The molecule has 234 valence electrons. The van der Waals surface area contributed by atoms with Crippen LogP contribution < -0.4 is 10.2 Å². The summed E-state index contributed by atoms with van der Waals surface area (Å²) in [6.07, 6.45) is -4.23. The van der Waals surface area contributed by atoms with Crippen LogP contribution in [0.3, 0.4) is 0 Å². The van der Waals surface area contributed by atoms with Gasteiger partial charge in [0.1, 0.15) is 23.7 Å². The summed E-state index contributed by atoms with van der Waals surface area (Å²) in [4.78, 5) is 44.6. The van der Waals surface area contributed by atoms with Gasteiger partial charge in [-0.2, -0.15) is 23.5 Å². The van der Waals surface area contributed by atoms with E-state index in [0.29, 0.717) is 30.3 Å². The summed E-state index contributed by atoms with van der Waals surface area (Å²) < 4.78 is 56.0.